The molecule has 0 unspecified atom stereocenters. The van der Waals surface area contributed by atoms with Crippen molar-refractivity contribution in [1.82, 2.24) is 9.47 Å². The highest BCUT2D eigenvalue weighted by atomic mass is 35.5. The zero-order valence-electron chi connectivity index (χ0n) is 24.5. The SMILES string of the molecule is COOS[C@H]1C[C@@H](COC2CCC(C(=O)O)CC2)N(C(=O)Cc2cc(Cl)c(NC(=O)c3cn(C)c4ccccc34)cc2F)C1. The van der Waals surface area contributed by atoms with Gasteiger partial charge in [-0.15, -0.1) is 0 Å². The molecule has 0 bridgehead atoms. The first-order chi connectivity index (χ1) is 21.1. The maximum Gasteiger partial charge on any atom is 0.306 e. The summed E-state index contributed by atoms with van der Waals surface area (Å²) < 4.78 is 28.3. The molecule has 2 aromatic carbocycles. The highest BCUT2D eigenvalue weighted by Gasteiger charge is 2.37. The van der Waals surface area contributed by atoms with Gasteiger partial charge in [0, 0.05) is 42.7 Å². The van der Waals surface area contributed by atoms with Crippen molar-refractivity contribution in [3.63, 3.8) is 0 Å². The number of rotatable bonds is 11. The molecule has 3 aromatic rings. The van der Waals surface area contributed by atoms with E-state index in [9.17, 15) is 19.5 Å². The molecule has 2 N–H and O–H groups in total. The Kier molecular flexibility index (Phi) is 10.5. The topological polar surface area (TPSA) is 119 Å². The summed E-state index contributed by atoms with van der Waals surface area (Å²) in [4.78, 5) is 44.2. The largest absolute Gasteiger partial charge is 0.481 e. The molecule has 44 heavy (non-hydrogen) atoms. The molecule has 2 atom stereocenters. The van der Waals surface area contributed by atoms with Gasteiger partial charge in [0.25, 0.3) is 5.91 Å². The Balaban J connectivity index is 1.24. The van der Waals surface area contributed by atoms with Crippen molar-refractivity contribution >= 4 is 58.0 Å². The summed E-state index contributed by atoms with van der Waals surface area (Å²) in [5.74, 6) is -2.50. The van der Waals surface area contributed by atoms with Gasteiger partial charge in [0.05, 0.1) is 59.7 Å². The standard InChI is InChI=1S/C31H35ClFN3O7S/c1-35-16-24(23-5-3-4-6-28(23)35)30(38)34-27-14-26(33)19(11-25(27)32)12-29(37)36-15-22(44-43-41-2)13-20(36)17-42-21-9-7-18(8-10-21)31(39)40/h3-6,11,14,16,18,20-22H,7-10,12-13,15,17H2,1-2H3,(H,34,38)(H,39,40)/t18?,20-,21?,22-/m0/s1. The fourth-order valence-corrected chi connectivity index (χ4v) is 6.97. The number of nitrogens with zero attached hydrogens (tertiary/aromatic N) is 2. The highest BCUT2D eigenvalue weighted by Crippen LogP contribution is 2.33. The van der Waals surface area contributed by atoms with E-state index in [1.807, 2.05) is 35.9 Å². The number of nitrogens with one attached hydrogen (secondary N) is 1. The maximum atomic E-state index is 15.3. The fourth-order valence-electron chi connectivity index (χ4n) is 6.02. The minimum Gasteiger partial charge on any atom is -0.481 e. The van der Waals surface area contributed by atoms with E-state index < -0.39 is 17.7 Å². The van der Waals surface area contributed by atoms with E-state index in [0.717, 1.165) is 29.0 Å². The normalized spacial score (nSPS) is 22.0. The van der Waals surface area contributed by atoms with Crippen LogP contribution in [0.5, 0.6) is 0 Å². The Labute approximate surface area is 263 Å². The first-order valence-corrected chi connectivity index (χ1v) is 15.7. The number of ether oxygens (including phenoxy) is 1. The number of aliphatic carboxylic acids is 1. The monoisotopic (exact) mass is 647 g/mol. The third-order valence-electron chi connectivity index (χ3n) is 8.36. The van der Waals surface area contributed by atoms with Crippen LogP contribution < -0.4 is 5.32 Å². The third kappa shape index (κ3) is 7.37. The summed E-state index contributed by atoms with van der Waals surface area (Å²) in [6, 6.07) is 9.70. The van der Waals surface area contributed by atoms with Gasteiger partial charge >= 0.3 is 5.97 Å². The highest BCUT2D eigenvalue weighted by molar-refractivity contribution is 7.95. The van der Waals surface area contributed by atoms with Crippen LogP contribution in [-0.2, 0) is 37.0 Å². The lowest BCUT2D eigenvalue weighted by molar-refractivity contribution is -0.160. The van der Waals surface area contributed by atoms with Crippen LogP contribution in [0.25, 0.3) is 10.9 Å². The summed E-state index contributed by atoms with van der Waals surface area (Å²) in [7, 11) is 3.24. The number of hydrogen-bond acceptors (Lipinski definition) is 7. The van der Waals surface area contributed by atoms with E-state index in [0.29, 0.717) is 44.2 Å². The molecular weight excluding hydrogens is 613 g/mol. The summed E-state index contributed by atoms with van der Waals surface area (Å²) >= 11 is 7.59. The number of likely N-dealkylation sites (tertiary alicyclic amines) is 1. The number of halogens is 2. The Morgan fingerprint density at radius 3 is 2.64 bits per heavy atom. The number of amides is 2. The molecule has 236 valence electrons. The molecule has 10 nitrogen and oxygen atoms in total. The smallest absolute Gasteiger partial charge is 0.306 e. The van der Waals surface area contributed by atoms with Gasteiger partial charge in [-0.1, -0.05) is 29.8 Å². The molecule has 2 aliphatic rings. The number of benzene rings is 2. The van der Waals surface area contributed by atoms with Gasteiger partial charge in [-0.25, -0.2) is 9.28 Å². The molecule has 1 saturated carbocycles. The van der Waals surface area contributed by atoms with Gasteiger partial charge in [0.2, 0.25) is 5.91 Å². The Morgan fingerprint density at radius 1 is 1.16 bits per heavy atom. The lowest BCUT2D eigenvalue weighted by Crippen LogP contribution is -2.40. The van der Waals surface area contributed by atoms with Gasteiger partial charge in [-0.05, 0) is 55.9 Å². The zero-order valence-corrected chi connectivity index (χ0v) is 26.0. The second-order valence-corrected chi connectivity index (χ2v) is 12.7. The lowest BCUT2D eigenvalue weighted by atomic mass is 9.87. The van der Waals surface area contributed by atoms with Gasteiger partial charge in [-0.2, -0.15) is 4.33 Å². The van der Waals surface area contributed by atoms with Crippen LogP contribution in [0.3, 0.4) is 0 Å². The van der Waals surface area contributed by atoms with E-state index in [4.69, 9.17) is 25.6 Å². The van der Waals surface area contributed by atoms with E-state index in [-0.39, 0.29) is 58.5 Å². The van der Waals surface area contributed by atoms with E-state index >= 15 is 4.39 Å². The van der Waals surface area contributed by atoms with Crippen LogP contribution in [0.4, 0.5) is 10.1 Å². The van der Waals surface area contributed by atoms with Crippen LogP contribution in [-0.4, -0.2) is 70.0 Å². The molecule has 1 aromatic heterocycles. The molecule has 0 radical (unpaired) electrons. The summed E-state index contributed by atoms with van der Waals surface area (Å²) in [5.41, 5.74) is 1.53. The Hall–Kier alpha value is -3.16. The van der Waals surface area contributed by atoms with Gasteiger partial charge in [-0.3, -0.25) is 14.4 Å². The van der Waals surface area contributed by atoms with E-state index in [1.54, 1.807) is 11.1 Å². The minimum absolute atomic E-state index is 0.0719. The van der Waals surface area contributed by atoms with Gasteiger partial charge in [0.15, 0.2) is 0 Å². The van der Waals surface area contributed by atoms with Crippen LogP contribution in [0.2, 0.25) is 5.02 Å². The second-order valence-electron chi connectivity index (χ2n) is 11.3. The first-order valence-electron chi connectivity index (χ1n) is 14.5. The molecular formula is C31H35ClFN3O7S. The van der Waals surface area contributed by atoms with Crippen LogP contribution >= 0.6 is 23.6 Å². The summed E-state index contributed by atoms with van der Waals surface area (Å²) in [5, 5.41) is 12.8. The molecule has 2 amide bonds. The van der Waals surface area contributed by atoms with Crippen LogP contribution in [0.1, 0.15) is 48.0 Å². The fraction of sp³-hybridized carbons (Fsp3) is 0.452. The average Bonchev–Trinajstić information content (AvgIpc) is 3.58. The van der Waals surface area contributed by atoms with Gasteiger partial charge < -0.3 is 24.6 Å². The quantitative estimate of drug-likeness (QED) is 0.156. The van der Waals surface area contributed by atoms with Crippen molar-refractivity contribution in [3.8, 4) is 0 Å². The Morgan fingerprint density at radius 2 is 1.91 bits per heavy atom. The maximum absolute atomic E-state index is 15.3. The van der Waals surface area contributed by atoms with Crippen LogP contribution in [0, 0.1) is 11.7 Å². The third-order valence-corrected chi connectivity index (χ3v) is 9.50. The first kappa shape index (κ1) is 32.2. The number of para-hydroxylation sites is 1. The number of aromatic nitrogens is 1. The number of carboxylic acid groups (broad SMARTS) is 1. The molecule has 0 spiro atoms. The molecule has 1 saturated heterocycles. The lowest BCUT2D eigenvalue weighted by Gasteiger charge is -2.30. The predicted molar refractivity (Wildman–Crippen MR) is 165 cm³/mol. The number of hydrogen-bond donors (Lipinski definition) is 2. The average molecular weight is 648 g/mol. The Bertz CT molecular complexity index is 1530. The second kappa shape index (κ2) is 14.3. The molecule has 13 heteroatoms. The number of anilines is 1. The van der Waals surface area contributed by atoms with Crippen molar-refractivity contribution in [2.24, 2.45) is 13.0 Å². The minimum atomic E-state index is -0.776. The van der Waals surface area contributed by atoms with Crippen molar-refractivity contribution in [1.29, 1.82) is 0 Å². The van der Waals surface area contributed by atoms with Crippen molar-refractivity contribution in [2.75, 3.05) is 25.6 Å². The van der Waals surface area contributed by atoms with Crippen molar-refractivity contribution in [3.05, 3.63) is 64.6 Å². The van der Waals surface area contributed by atoms with Gasteiger partial charge in [0.1, 0.15) is 5.82 Å². The number of carbonyl (C=O) groups is 3. The number of carbonyl (C=O) groups excluding carboxylic acids is 2. The molecule has 1 aliphatic carbocycles. The molecule has 2 fully saturated rings. The number of aryl methyl sites for hydroxylation is 1. The summed E-state index contributed by atoms with van der Waals surface area (Å²) in [6.07, 6.45) is 4.41. The van der Waals surface area contributed by atoms with Crippen LogP contribution in [0.15, 0.2) is 42.6 Å². The van der Waals surface area contributed by atoms with E-state index in [1.165, 1.54) is 13.2 Å². The van der Waals surface area contributed by atoms with Crippen molar-refractivity contribution in [2.45, 2.75) is 55.9 Å². The van der Waals surface area contributed by atoms with E-state index in [2.05, 4.69) is 5.32 Å². The predicted octanol–water partition coefficient (Wildman–Crippen LogP) is 5.62. The number of fused-ring (bicyclic) bond motifs is 1. The van der Waals surface area contributed by atoms with Crippen molar-refractivity contribution < 1.29 is 37.8 Å². The number of carboxylic acids is 1. The summed E-state index contributed by atoms with van der Waals surface area (Å²) in [6.45, 7) is 0.641. The molecule has 1 aliphatic heterocycles. The molecule has 5 rings (SSSR count). The zero-order chi connectivity index (χ0) is 31.4. The molecule has 2 heterocycles.